The first-order valence-electron chi connectivity index (χ1n) is 6.63. The average Bonchev–Trinajstić information content (AvgIpc) is 2.54. The smallest absolute Gasteiger partial charge is 0.119 e. The predicted molar refractivity (Wildman–Crippen MR) is 88.5 cm³/mol. The lowest BCUT2D eigenvalue weighted by Crippen LogP contribution is -2.12. The quantitative estimate of drug-likeness (QED) is 0.780. The molecule has 1 atom stereocenters. The van der Waals surface area contributed by atoms with Crippen molar-refractivity contribution in [2.45, 2.75) is 6.04 Å². The SMILES string of the molecule is COc1ccc(Br)c(C(N)c2ccc3cccnc3c2)c1. The Morgan fingerprint density at radius 1 is 1.14 bits per heavy atom. The van der Waals surface area contributed by atoms with E-state index in [1.165, 1.54) is 0 Å². The molecule has 1 heterocycles. The van der Waals surface area contributed by atoms with Crippen LogP contribution >= 0.6 is 15.9 Å². The van der Waals surface area contributed by atoms with Crippen molar-refractivity contribution in [3.8, 4) is 5.75 Å². The van der Waals surface area contributed by atoms with E-state index in [1.54, 1.807) is 13.3 Å². The van der Waals surface area contributed by atoms with Crippen molar-refractivity contribution in [1.29, 1.82) is 0 Å². The highest BCUT2D eigenvalue weighted by Crippen LogP contribution is 2.31. The lowest BCUT2D eigenvalue weighted by Gasteiger charge is -2.16. The molecule has 1 unspecified atom stereocenters. The fourth-order valence-corrected chi connectivity index (χ4v) is 2.84. The molecule has 0 spiro atoms. The number of ether oxygens (including phenoxy) is 1. The van der Waals surface area contributed by atoms with Gasteiger partial charge < -0.3 is 10.5 Å². The van der Waals surface area contributed by atoms with E-state index in [2.05, 4.69) is 20.9 Å². The Balaban J connectivity index is 2.05. The van der Waals surface area contributed by atoms with Gasteiger partial charge in [0.2, 0.25) is 0 Å². The number of fused-ring (bicyclic) bond motifs is 1. The molecule has 4 heteroatoms. The van der Waals surface area contributed by atoms with Gasteiger partial charge in [-0.3, -0.25) is 4.98 Å². The standard InChI is InChI=1S/C17H15BrN2O/c1-21-13-6-7-15(18)14(10-13)17(19)12-5-4-11-3-2-8-20-16(11)9-12/h2-10,17H,19H2,1H3. The molecular weight excluding hydrogens is 328 g/mol. The fraction of sp³-hybridized carbons (Fsp3) is 0.118. The van der Waals surface area contributed by atoms with Gasteiger partial charge in [0.15, 0.2) is 0 Å². The number of halogens is 1. The van der Waals surface area contributed by atoms with Crippen LogP contribution < -0.4 is 10.5 Å². The lowest BCUT2D eigenvalue weighted by molar-refractivity contribution is 0.414. The summed E-state index contributed by atoms with van der Waals surface area (Å²) in [6.45, 7) is 0. The van der Waals surface area contributed by atoms with E-state index in [9.17, 15) is 0 Å². The van der Waals surface area contributed by atoms with Gasteiger partial charge in [-0.1, -0.05) is 34.1 Å². The minimum Gasteiger partial charge on any atom is -0.497 e. The lowest BCUT2D eigenvalue weighted by atomic mass is 9.98. The van der Waals surface area contributed by atoms with Crippen molar-refractivity contribution < 1.29 is 4.74 Å². The normalized spacial score (nSPS) is 12.3. The molecule has 2 N–H and O–H groups in total. The molecular formula is C17H15BrN2O. The molecule has 1 aromatic heterocycles. The summed E-state index contributed by atoms with van der Waals surface area (Å²) in [7, 11) is 1.65. The second-order valence-electron chi connectivity index (χ2n) is 4.82. The van der Waals surface area contributed by atoms with Crippen LogP contribution in [-0.4, -0.2) is 12.1 Å². The van der Waals surface area contributed by atoms with Gasteiger partial charge in [-0.05, 0) is 41.5 Å². The molecule has 0 amide bonds. The van der Waals surface area contributed by atoms with E-state index in [1.807, 2.05) is 48.5 Å². The second kappa shape index (κ2) is 5.84. The van der Waals surface area contributed by atoms with Gasteiger partial charge in [0.25, 0.3) is 0 Å². The summed E-state index contributed by atoms with van der Waals surface area (Å²) in [5.74, 6) is 0.794. The number of nitrogens with zero attached hydrogens (tertiary/aromatic N) is 1. The number of hydrogen-bond acceptors (Lipinski definition) is 3. The number of benzene rings is 2. The van der Waals surface area contributed by atoms with Gasteiger partial charge in [0, 0.05) is 16.1 Å². The predicted octanol–water partition coefficient (Wildman–Crippen LogP) is 4.05. The van der Waals surface area contributed by atoms with Gasteiger partial charge >= 0.3 is 0 Å². The Labute approximate surface area is 131 Å². The molecule has 0 aliphatic carbocycles. The highest BCUT2D eigenvalue weighted by molar-refractivity contribution is 9.10. The van der Waals surface area contributed by atoms with Crippen LogP contribution in [0.5, 0.6) is 5.75 Å². The van der Waals surface area contributed by atoms with Crippen molar-refractivity contribution >= 4 is 26.8 Å². The van der Waals surface area contributed by atoms with E-state index < -0.39 is 0 Å². The summed E-state index contributed by atoms with van der Waals surface area (Å²) in [5, 5.41) is 1.11. The third kappa shape index (κ3) is 2.77. The third-order valence-electron chi connectivity index (χ3n) is 3.53. The maximum Gasteiger partial charge on any atom is 0.119 e. The summed E-state index contributed by atoms with van der Waals surface area (Å²) in [6.07, 6.45) is 1.79. The molecule has 0 fully saturated rings. The van der Waals surface area contributed by atoms with Gasteiger partial charge in [0.05, 0.1) is 18.7 Å². The number of rotatable bonds is 3. The molecule has 0 saturated heterocycles. The van der Waals surface area contributed by atoms with Crippen molar-refractivity contribution in [2.24, 2.45) is 5.73 Å². The molecule has 0 radical (unpaired) electrons. The van der Waals surface area contributed by atoms with Crippen LogP contribution in [0.1, 0.15) is 17.2 Å². The molecule has 0 aliphatic rings. The Morgan fingerprint density at radius 3 is 2.81 bits per heavy atom. The zero-order valence-electron chi connectivity index (χ0n) is 11.6. The van der Waals surface area contributed by atoms with Crippen LogP contribution in [0.2, 0.25) is 0 Å². The summed E-state index contributed by atoms with van der Waals surface area (Å²) >= 11 is 3.56. The van der Waals surface area contributed by atoms with E-state index in [-0.39, 0.29) is 6.04 Å². The Kier molecular flexibility index (Phi) is 3.90. The van der Waals surface area contributed by atoms with E-state index in [0.717, 1.165) is 32.3 Å². The van der Waals surface area contributed by atoms with Crippen molar-refractivity contribution in [3.05, 3.63) is 70.3 Å². The maximum atomic E-state index is 6.42. The minimum absolute atomic E-state index is 0.235. The number of methoxy groups -OCH3 is 1. The largest absolute Gasteiger partial charge is 0.497 e. The van der Waals surface area contributed by atoms with Gasteiger partial charge in [0.1, 0.15) is 5.75 Å². The van der Waals surface area contributed by atoms with Crippen LogP contribution in [-0.2, 0) is 0 Å². The minimum atomic E-state index is -0.235. The summed E-state index contributed by atoms with van der Waals surface area (Å²) in [6, 6.07) is 15.7. The number of nitrogens with two attached hydrogens (primary N) is 1. The summed E-state index contributed by atoms with van der Waals surface area (Å²) in [5.41, 5.74) is 9.38. The number of hydrogen-bond donors (Lipinski definition) is 1. The summed E-state index contributed by atoms with van der Waals surface area (Å²) < 4.78 is 6.25. The first-order chi connectivity index (χ1) is 10.2. The molecule has 2 aromatic carbocycles. The molecule has 3 rings (SSSR count). The van der Waals surface area contributed by atoms with Crippen LogP contribution in [0.3, 0.4) is 0 Å². The third-order valence-corrected chi connectivity index (χ3v) is 4.25. The molecule has 3 aromatic rings. The van der Waals surface area contributed by atoms with Crippen LogP contribution in [0.4, 0.5) is 0 Å². The van der Waals surface area contributed by atoms with Crippen LogP contribution in [0.15, 0.2) is 59.2 Å². The van der Waals surface area contributed by atoms with Crippen LogP contribution in [0, 0.1) is 0 Å². The molecule has 0 saturated carbocycles. The van der Waals surface area contributed by atoms with Crippen LogP contribution in [0.25, 0.3) is 10.9 Å². The number of pyridine rings is 1. The monoisotopic (exact) mass is 342 g/mol. The molecule has 0 aliphatic heterocycles. The van der Waals surface area contributed by atoms with Crippen molar-refractivity contribution in [2.75, 3.05) is 7.11 Å². The first kappa shape index (κ1) is 14.0. The average molecular weight is 343 g/mol. The second-order valence-corrected chi connectivity index (χ2v) is 5.67. The topological polar surface area (TPSA) is 48.1 Å². The number of aromatic nitrogens is 1. The van der Waals surface area contributed by atoms with Crippen molar-refractivity contribution in [1.82, 2.24) is 4.98 Å². The Bertz CT molecular complexity index is 789. The van der Waals surface area contributed by atoms with Crippen molar-refractivity contribution in [3.63, 3.8) is 0 Å². The molecule has 0 bridgehead atoms. The highest BCUT2D eigenvalue weighted by Gasteiger charge is 2.14. The Morgan fingerprint density at radius 2 is 2.00 bits per heavy atom. The zero-order chi connectivity index (χ0) is 14.8. The maximum absolute atomic E-state index is 6.42. The summed E-state index contributed by atoms with van der Waals surface area (Å²) in [4.78, 5) is 4.38. The van der Waals surface area contributed by atoms with E-state index in [4.69, 9.17) is 10.5 Å². The zero-order valence-corrected chi connectivity index (χ0v) is 13.2. The Hall–Kier alpha value is -1.91. The fourth-order valence-electron chi connectivity index (χ4n) is 2.34. The van der Waals surface area contributed by atoms with Gasteiger partial charge in [-0.15, -0.1) is 0 Å². The van der Waals surface area contributed by atoms with Gasteiger partial charge in [-0.2, -0.15) is 0 Å². The van der Waals surface area contributed by atoms with E-state index in [0.29, 0.717) is 0 Å². The first-order valence-corrected chi connectivity index (χ1v) is 7.42. The molecule has 21 heavy (non-hydrogen) atoms. The highest BCUT2D eigenvalue weighted by atomic mass is 79.9. The molecule has 106 valence electrons. The van der Waals surface area contributed by atoms with Gasteiger partial charge in [-0.25, -0.2) is 0 Å². The van der Waals surface area contributed by atoms with E-state index >= 15 is 0 Å². The molecule has 3 nitrogen and oxygen atoms in total.